The molecule has 0 aliphatic carbocycles. The van der Waals surface area contributed by atoms with Gasteiger partial charge in [0.05, 0.1) is 12.4 Å². The zero-order valence-electron chi connectivity index (χ0n) is 6.05. The molecule has 1 amide bonds. The number of likely N-dealkylation sites (tertiary alicyclic amines) is 1. The minimum Gasteiger partial charge on any atom is -0.341 e. The molecule has 0 atom stereocenters. The Morgan fingerprint density at radius 1 is 1.55 bits per heavy atom. The van der Waals surface area contributed by atoms with E-state index in [0.717, 1.165) is 19.5 Å². The fourth-order valence-electron chi connectivity index (χ4n) is 1.25. The van der Waals surface area contributed by atoms with Crippen molar-refractivity contribution in [1.82, 2.24) is 14.5 Å². The van der Waals surface area contributed by atoms with Crippen LogP contribution >= 0.6 is 0 Å². The number of carbonyl (C=O) groups is 1. The highest BCUT2D eigenvalue weighted by atomic mass is 16.1. The normalized spacial score (nSPS) is 18.0. The minimum atomic E-state index is 0.447. The van der Waals surface area contributed by atoms with Gasteiger partial charge in [-0.3, -0.25) is 4.79 Å². The van der Waals surface area contributed by atoms with Crippen molar-refractivity contribution in [2.24, 2.45) is 0 Å². The fourth-order valence-corrected chi connectivity index (χ4v) is 1.25. The number of nitrogens with zero attached hydrogens (tertiary/aromatic N) is 3. The van der Waals surface area contributed by atoms with Gasteiger partial charge in [0, 0.05) is 25.5 Å². The highest BCUT2D eigenvalue weighted by Crippen LogP contribution is 2.17. The lowest BCUT2D eigenvalue weighted by atomic mass is 10.1. The van der Waals surface area contributed by atoms with E-state index in [1.165, 1.54) is 0 Å². The topological polar surface area (TPSA) is 38.1 Å². The number of imidazole rings is 1. The van der Waals surface area contributed by atoms with Crippen LogP contribution in [0, 0.1) is 0 Å². The molecule has 0 spiro atoms. The van der Waals surface area contributed by atoms with Crippen LogP contribution in [-0.4, -0.2) is 34.0 Å². The first-order valence-electron chi connectivity index (χ1n) is 3.57. The maximum atomic E-state index is 10.2. The van der Waals surface area contributed by atoms with Gasteiger partial charge in [0.25, 0.3) is 0 Å². The Labute approximate surface area is 64.4 Å². The van der Waals surface area contributed by atoms with Crippen molar-refractivity contribution in [2.75, 3.05) is 13.1 Å². The standard InChI is InChI=1S/C7H9N3O/c11-6-9-3-7(4-9)10-2-1-8-5-10/h1-2,5-7H,3-4H2. The Kier molecular flexibility index (Phi) is 1.38. The van der Waals surface area contributed by atoms with E-state index in [4.69, 9.17) is 0 Å². The maximum absolute atomic E-state index is 10.2. The van der Waals surface area contributed by atoms with Gasteiger partial charge in [0.15, 0.2) is 0 Å². The lowest BCUT2D eigenvalue weighted by Gasteiger charge is -2.36. The third kappa shape index (κ3) is 1.00. The zero-order valence-corrected chi connectivity index (χ0v) is 6.05. The van der Waals surface area contributed by atoms with Crippen molar-refractivity contribution in [3.63, 3.8) is 0 Å². The van der Waals surface area contributed by atoms with E-state index in [1.54, 1.807) is 17.4 Å². The molecule has 11 heavy (non-hydrogen) atoms. The van der Waals surface area contributed by atoms with Gasteiger partial charge in [-0.25, -0.2) is 4.98 Å². The highest BCUT2D eigenvalue weighted by Gasteiger charge is 2.25. The SMILES string of the molecule is O=CN1CC(n2ccnc2)C1. The van der Waals surface area contributed by atoms with Gasteiger partial charge in [-0.2, -0.15) is 0 Å². The van der Waals surface area contributed by atoms with Crippen LogP contribution in [0.2, 0.25) is 0 Å². The number of hydrogen-bond acceptors (Lipinski definition) is 2. The minimum absolute atomic E-state index is 0.447. The molecule has 0 bridgehead atoms. The van der Waals surface area contributed by atoms with Crippen molar-refractivity contribution >= 4 is 6.41 Å². The molecule has 1 saturated heterocycles. The Hall–Kier alpha value is -1.32. The summed E-state index contributed by atoms with van der Waals surface area (Å²) in [6.45, 7) is 1.64. The van der Waals surface area contributed by atoms with E-state index in [-0.39, 0.29) is 0 Å². The van der Waals surface area contributed by atoms with Crippen molar-refractivity contribution in [3.8, 4) is 0 Å². The number of aromatic nitrogens is 2. The molecule has 1 fully saturated rings. The summed E-state index contributed by atoms with van der Waals surface area (Å²) in [5.74, 6) is 0. The van der Waals surface area contributed by atoms with E-state index >= 15 is 0 Å². The summed E-state index contributed by atoms with van der Waals surface area (Å²) in [6, 6.07) is 0.447. The van der Waals surface area contributed by atoms with Crippen LogP contribution in [0.3, 0.4) is 0 Å². The monoisotopic (exact) mass is 151 g/mol. The smallest absolute Gasteiger partial charge is 0.209 e. The lowest BCUT2D eigenvalue weighted by molar-refractivity contribution is -0.123. The second kappa shape index (κ2) is 2.38. The van der Waals surface area contributed by atoms with E-state index in [0.29, 0.717) is 6.04 Å². The predicted octanol–water partition coefficient (Wildman–Crippen LogP) is -0.104. The van der Waals surface area contributed by atoms with Crippen LogP contribution in [0.5, 0.6) is 0 Å². The van der Waals surface area contributed by atoms with Crippen molar-refractivity contribution in [2.45, 2.75) is 6.04 Å². The lowest BCUT2D eigenvalue weighted by Crippen LogP contribution is -2.46. The molecule has 4 heteroatoms. The Morgan fingerprint density at radius 2 is 2.36 bits per heavy atom. The average Bonchev–Trinajstić information content (AvgIpc) is 2.37. The van der Waals surface area contributed by atoms with Gasteiger partial charge in [0.2, 0.25) is 6.41 Å². The van der Waals surface area contributed by atoms with Crippen molar-refractivity contribution in [3.05, 3.63) is 18.7 Å². The molecule has 1 aliphatic heterocycles. The molecule has 1 aromatic heterocycles. The highest BCUT2D eigenvalue weighted by molar-refractivity contribution is 5.48. The Balaban J connectivity index is 1.97. The Bertz CT molecular complexity index is 238. The first kappa shape index (κ1) is 6.39. The first-order valence-corrected chi connectivity index (χ1v) is 3.57. The molecule has 0 saturated carbocycles. The molecule has 0 N–H and O–H groups in total. The largest absolute Gasteiger partial charge is 0.341 e. The summed E-state index contributed by atoms with van der Waals surface area (Å²) < 4.78 is 2.03. The molecule has 2 heterocycles. The van der Waals surface area contributed by atoms with Gasteiger partial charge in [-0.05, 0) is 0 Å². The van der Waals surface area contributed by atoms with Crippen LogP contribution in [0.25, 0.3) is 0 Å². The molecule has 0 unspecified atom stereocenters. The van der Waals surface area contributed by atoms with Gasteiger partial charge in [-0.15, -0.1) is 0 Å². The molecular formula is C7H9N3O. The summed E-state index contributed by atoms with van der Waals surface area (Å²) >= 11 is 0. The molecular weight excluding hydrogens is 142 g/mol. The fraction of sp³-hybridized carbons (Fsp3) is 0.429. The van der Waals surface area contributed by atoms with Gasteiger partial charge >= 0.3 is 0 Å². The van der Waals surface area contributed by atoms with Crippen molar-refractivity contribution in [1.29, 1.82) is 0 Å². The summed E-state index contributed by atoms with van der Waals surface area (Å²) in [5, 5.41) is 0. The van der Waals surface area contributed by atoms with Crippen LogP contribution in [0.4, 0.5) is 0 Å². The van der Waals surface area contributed by atoms with Gasteiger partial charge in [0.1, 0.15) is 0 Å². The first-order chi connectivity index (χ1) is 5.40. The van der Waals surface area contributed by atoms with Crippen LogP contribution < -0.4 is 0 Å². The summed E-state index contributed by atoms with van der Waals surface area (Å²) in [5.41, 5.74) is 0. The number of hydrogen-bond donors (Lipinski definition) is 0. The summed E-state index contributed by atoms with van der Waals surface area (Å²) in [7, 11) is 0. The van der Waals surface area contributed by atoms with E-state index in [1.807, 2.05) is 10.8 Å². The second-order valence-electron chi connectivity index (χ2n) is 2.72. The third-order valence-corrected chi connectivity index (χ3v) is 1.99. The van der Waals surface area contributed by atoms with E-state index in [9.17, 15) is 4.79 Å². The maximum Gasteiger partial charge on any atom is 0.209 e. The average molecular weight is 151 g/mol. The second-order valence-corrected chi connectivity index (χ2v) is 2.72. The van der Waals surface area contributed by atoms with E-state index in [2.05, 4.69) is 4.98 Å². The number of carbonyl (C=O) groups excluding carboxylic acids is 1. The van der Waals surface area contributed by atoms with Crippen LogP contribution in [0.15, 0.2) is 18.7 Å². The quantitative estimate of drug-likeness (QED) is 0.553. The summed E-state index contributed by atoms with van der Waals surface area (Å²) in [6.07, 6.45) is 6.34. The molecule has 0 aromatic carbocycles. The predicted molar refractivity (Wildman–Crippen MR) is 38.9 cm³/mol. The third-order valence-electron chi connectivity index (χ3n) is 1.99. The molecule has 1 aromatic rings. The van der Waals surface area contributed by atoms with Gasteiger partial charge in [-0.1, -0.05) is 0 Å². The van der Waals surface area contributed by atoms with Crippen LogP contribution in [0.1, 0.15) is 6.04 Å². The van der Waals surface area contributed by atoms with Crippen LogP contribution in [-0.2, 0) is 4.79 Å². The Morgan fingerprint density at radius 3 is 2.91 bits per heavy atom. The molecule has 1 aliphatic rings. The molecule has 4 nitrogen and oxygen atoms in total. The van der Waals surface area contributed by atoms with Crippen molar-refractivity contribution < 1.29 is 4.79 Å². The molecule has 58 valence electrons. The van der Waals surface area contributed by atoms with Gasteiger partial charge < -0.3 is 9.47 Å². The van der Waals surface area contributed by atoms with E-state index < -0.39 is 0 Å². The zero-order chi connectivity index (χ0) is 7.68. The number of amides is 1. The molecule has 0 radical (unpaired) electrons. The molecule has 2 rings (SSSR count). The summed E-state index contributed by atoms with van der Waals surface area (Å²) in [4.78, 5) is 15.9. The number of rotatable bonds is 2.